The first-order chi connectivity index (χ1) is 9.65. The Bertz CT molecular complexity index is 467. The Kier molecular flexibility index (Phi) is 4.92. The molecule has 0 aromatic carbocycles. The van der Waals surface area contributed by atoms with Crippen LogP contribution in [0, 0.1) is 0 Å². The average molecular weight is 279 g/mol. The quantitative estimate of drug-likeness (QED) is 0.854. The number of ether oxygens (including phenoxy) is 1. The largest absolute Gasteiger partial charge is 0.481 e. The van der Waals surface area contributed by atoms with E-state index in [-0.39, 0.29) is 18.6 Å². The van der Waals surface area contributed by atoms with Gasteiger partial charge in [0.2, 0.25) is 5.88 Å². The Morgan fingerprint density at radius 2 is 2.35 bits per heavy atom. The number of likely N-dealkylation sites (N-methyl/N-ethyl adjacent to an activating group) is 1. The number of hydrogen-bond donors (Lipinski definition) is 1. The maximum Gasteiger partial charge on any atom is 0.254 e. The van der Waals surface area contributed by atoms with Gasteiger partial charge in [-0.2, -0.15) is 0 Å². The van der Waals surface area contributed by atoms with E-state index < -0.39 is 0 Å². The van der Waals surface area contributed by atoms with Gasteiger partial charge < -0.3 is 14.7 Å². The number of hydrogen-bond acceptors (Lipinski definition) is 5. The summed E-state index contributed by atoms with van der Waals surface area (Å²) in [7, 11) is 3.56. The molecule has 1 aromatic rings. The summed E-state index contributed by atoms with van der Waals surface area (Å²) in [5.41, 5.74) is 0.587. The number of carbonyl (C=O) groups is 1. The minimum absolute atomic E-state index is 0.0123. The summed E-state index contributed by atoms with van der Waals surface area (Å²) < 4.78 is 5.05. The highest BCUT2D eigenvalue weighted by atomic mass is 16.5. The molecule has 2 heterocycles. The number of amides is 1. The average Bonchev–Trinajstić information content (AvgIpc) is 2.49. The van der Waals surface area contributed by atoms with E-state index in [9.17, 15) is 4.79 Å². The summed E-state index contributed by atoms with van der Waals surface area (Å²) in [6, 6.07) is 3.56. The lowest BCUT2D eigenvalue weighted by molar-refractivity contribution is 0.0500. The van der Waals surface area contributed by atoms with Crippen LogP contribution >= 0.6 is 0 Å². The van der Waals surface area contributed by atoms with Crippen LogP contribution in [0.2, 0.25) is 0 Å². The van der Waals surface area contributed by atoms with Crippen molar-refractivity contribution in [2.24, 2.45) is 0 Å². The van der Waals surface area contributed by atoms with Gasteiger partial charge in [0.25, 0.3) is 5.91 Å². The normalized spacial score (nSPS) is 19.9. The number of methoxy groups -OCH3 is 1. The molecule has 2 rings (SSSR count). The van der Waals surface area contributed by atoms with Crippen LogP contribution in [0.4, 0.5) is 0 Å². The van der Waals surface area contributed by atoms with E-state index in [1.165, 1.54) is 7.11 Å². The monoisotopic (exact) mass is 279 g/mol. The zero-order valence-corrected chi connectivity index (χ0v) is 12.0. The number of aliphatic hydroxyl groups excluding tert-OH is 1. The summed E-state index contributed by atoms with van der Waals surface area (Å²) in [6.45, 7) is 2.29. The van der Waals surface area contributed by atoms with E-state index >= 15 is 0 Å². The summed E-state index contributed by atoms with van der Waals surface area (Å²) in [6.07, 6.45) is 2.26. The van der Waals surface area contributed by atoms with Crippen LogP contribution in [0.25, 0.3) is 0 Å². The highest BCUT2D eigenvalue weighted by molar-refractivity contribution is 5.94. The van der Waals surface area contributed by atoms with Crippen molar-refractivity contribution in [2.75, 3.05) is 40.4 Å². The van der Waals surface area contributed by atoms with Crippen LogP contribution in [-0.2, 0) is 0 Å². The number of pyridine rings is 1. The van der Waals surface area contributed by atoms with Crippen LogP contribution in [0.1, 0.15) is 16.8 Å². The van der Waals surface area contributed by atoms with Gasteiger partial charge in [0.05, 0.1) is 7.11 Å². The third-order valence-corrected chi connectivity index (χ3v) is 3.72. The lowest BCUT2D eigenvalue weighted by Crippen LogP contribution is -2.53. The third kappa shape index (κ3) is 3.26. The molecule has 0 bridgehead atoms. The van der Waals surface area contributed by atoms with Crippen molar-refractivity contribution in [1.82, 2.24) is 14.8 Å². The molecule has 1 amide bonds. The fourth-order valence-electron chi connectivity index (χ4n) is 2.43. The molecule has 1 saturated heterocycles. The number of piperazine rings is 1. The summed E-state index contributed by atoms with van der Waals surface area (Å²) >= 11 is 0. The second kappa shape index (κ2) is 6.67. The molecule has 20 heavy (non-hydrogen) atoms. The molecule has 6 heteroatoms. The van der Waals surface area contributed by atoms with Gasteiger partial charge in [0.1, 0.15) is 0 Å². The van der Waals surface area contributed by atoms with Gasteiger partial charge >= 0.3 is 0 Å². The molecule has 0 aliphatic carbocycles. The molecule has 1 atom stereocenters. The van der Waals surface area contributed by atoms with E-state index in [2.05, 4.69) is 9.88 Å². The second-order valence-electron chi connectivity index (χ2n) is 4.98. The van der Waals surface area contributed by atoms with E-state index in [4.69, 9.17) is 9.84 Å². The van der Waals surface area contributed by atoms with Crippen molar-refractivity contribution in [3.8, 4) is 5.88 Å². The molecule has 0 unspecified atom stereocenters. The van der Waals surface area contributed by atoms with E-state index in [0.29, 0.717) is 31.0 Å². The first-order valence-corrected chi connectivity index (χ1v) is 6.76. The fourth-order valence-corrected chi connectivity index (χ4v) is 2.43. The predicted molar refractivity (Wildman–Crippen MR) is 74.8 cm³/mol. The predicted octanol–water partition coefficient (Wildman–Crippen LogP) is 0.229. The summed E-state index contributed by atoms with van der Waals surface area (Å²) in [5, 5.41) is 9.09. The van der Waals surface area contributed by atoms with Crippen molar-refractivity contribution in [3.05, 3.63) is 23.9 Å². The Labute approximate surface area is 119 Å². The molecule has 1 fully saturated rings. The molecule has 1 aromatic heterocycles. The van der Waals surface area contributed by atoms with Gasteiger partial charge in [-0.1, -0.05) is 0 Å². The van der Waals surface area contributed by atoms with Crippen LogP contribution in [-0.4, -0.2) is 72.2 Å². The maximum absolute atomic E-state index is 12.5. The molecule has 0 radical (unpaired) electrons. The molecule has 110 valence electrons. The van der Waals surface area contributed by atoms with Crippen LogP contribution < -0.4 is 4.74 Å². The second-order valence-corrected chi connectivity index (χ2v) is 4.98. The SMILES string of the molecule is COc1cc(C(=O)N2CCN(C)[C@H](CCO)C2)ccn1. The number of nitrogens with zero attached hydrogens (tertiary/aromatic N) is 3. The first kappa shape index (κ1) is 14.7. The van der Waals surface area contributed by atoms with Crippen LogP contribution in [0.3, 0.4) is 0 Å². The van der Waals surface area contributed by atoms with Crippen LogP contribution in [0.5, 0.6) is 5.88 Å². The molecule has 0 saturated carbocycles. The molecule has 1 aliphatic heterocycles. The third-order valence-electron chi connectivity index (χ3n) is 3.72. The molecular formula is C14H21N3O3. The Balaban J connectivity index is 2.08. The maximum atomic E-state index is 12.5. The number of rotatable bonds is 4. The lowest BCUT2D eigenvalue weighted by Gasteiger charge is -2.39. The van der Waals surface area contributed by atoms with Crippen molar-refractivity contribution in [3.63, 3.8) is 0 Å². The lowest BCUT2D eigenvalue weighted by atomic mass is 10.1. The fraction of sp³-hybridized carbons (Fsp3) is 0.571. The van der Waals surface area contributed by atoms with Crippen molar-refractivity contribution >= 4 is 5.91 Å². The number of aromatic nitrogens is 1. The highest BCUT2D eigenvalue weighted by Gasteiger charge is 2.27. The molecular weight excluding hydrogens is 258 g/mol. The molecule has 6 nitrogen and oxygen atoms in total. The minimum atomic E-state index is -0.0123. The first-order valence-electron chi connectivity index (χ1n) is 6.76. The zero-order chi connectivity index (χ0) is 14.5. The van der Waals surface area contributed by atoms with Gasteiger partial charge in [-0.15, -0.1) is 0 Å². The van der Waals surface area contributed by atoms with Crippen molar-refractivity contribution in [1.29, 1.82) is 0 Å². The van der Waals surface area contributed by atoms with Gasteiger partial charge in [-0.05, 0) is 19.5 Å². The topological polar surface area (TPSA) is 65.9 Å². The smallest absolute Gasteiger partial charge is 0.254 e. The van der Waals surface area contributed by atoms with Crippen molar-refractivity contribution in [2.45, 2.75) is 12.5 Å². The highest BCUT2D eigenvalue weighted by Crippen LogP contribution is 2.16. The Morgan fingerprint density at radius 3 is 3.05 bits per heavy atom. The summed E-state index contributed by atoms with van der Waals surface area (Å²) in [4.78, 5) is 20.5. The van der Waals surface area contributed by atoms with Crippen LogP contribution in [0.15, 0.2) is 18.3 Å². The number of aliphatic hydroxyl groups is 1. The minimum Gasteiger partial charge on any atom is -0.481 e. The van der Waals surface area contributed by atoms with E-state index in [1.807, 2.05) is 11.9 Å². The number of carbonyl (C=O) groups excluding carboxylic acids is 1. The molecule has 0 spiro atoms. The standard InChI is InChI=1S/C14H21N3O3/c1-16-6-7-17(10-12(16)4-8-18)14(19)11-3-5-15-13(9-11)20-2/h3,5,9,12,18H,4,6-8,10H2,1-2H3/t12-/m1/s1. The van der Waals surface area contributed by atoms with Gasteiger partial charge in [-0.25, -0.2) is 4.98 Å². The molecule has 1 aliphatic rings. The van der Waals surface area contributed by atoms with Crippen molar-refractivity contribution < 1.29 is 14.6 Å². The zero-order valence-electron chi connectivity index (χ0n) is 12.0. The summed E-state index contributed by atoms with van der Waals surface area (Å²) in [5.74, 6) is 0.429. The van der Waals surface area contributed by atoms with Gasteiger partial charge in [0, 0.05) is 50.1 Å². The van der Waals surface area contributed by atoms with Gasteiger partial charge in [-0.3, -0.25) is 9.69 Å². The van der Waals surface area contributed by atoms with E-state index in [0.717, 1.165) is 6.54 Å². The van der Waals surface area contributed by atoms with Gasteiger partial charge in [0.15, 0.2) is 0 Å². The Morgan fingerprint density at radius 1 is 1.55 bits per heavy atom. The van der Waals surface area contributed by atoms with E-state index in [1.54, 1.807) is 18.3 Å². The molecule has 1 N–H and O–H groups in total. The Hall–Kier alpha value is -1.66.